The van der Waals surface area contributed by atoms with Gasteiger partial charge in [0.1, 0.15) is 0 Å². The average molecular weight is 479 g/mol. The van der Waals surface area contributed by atoms with E-state index in [1.165, 1.54) is 18.9 Å². The van der Waals surface area contributed by atoms with Crippen LogP contribution in [-0.4, -0.2) is 27.4 Å². The first-order valence-corrected chi connectivity index (χ1v) is 11.5. The van der Waals surface area contributed by atoms with E-state index in [0.717, 1.165) is 22.4 Å². The number of hydrogen-bond donors (Lipinski definition) is 2. The molecule has 33 heavy (non-hydrogen) atoms. The number of methoxy groups -OCH3 is 1. The number of nitrogens with zero attached hydrogens (tertiary/aromatic N) is 3. The van der Waals surface area contributed by atoms with Crippen LogP contribution in [0, 0.1) is 0 Å². The van der Waals surface area contributed by atoms with Crippen molar-refractivity contribution < 1.29 is 14.6 Å². The quantitative estimate of drug-likeness (QED) is 0.353. The molecule has 0 fully saturated rings. The summed E-state index contributed by atoms with van der Waals surface area (Å²) in [4.78, 5) is 4.66. The first-order chi connectivity index (χ1) is 16.1. The first-order valence-electron chi connectivity index (χ1n) is 10.1. The third kappa shape index (κ3) is 4.53. The lowest BCUT2D eigenvalue weighted by atomic mass is 10.1. The van der Waals surface area contributed by atoms with E-state index < -0.39 is 6.23 Å². The molecule has 0 aliphatic carbocycles. The fourth-order valence-electron chi connectivity index (χ4n) is 3.45. The van der Waals surface area contributed by atoms with Crippen molar-refractivity contribution in [3.63, 3.8) is 0 Å². The van der Waals surface area contributed by atoms with Crippen molar-refractivity contribution in [2.24, 2.45) is 0 Å². The van der Waals surface area contributed by atoms with Gasteiger partial charge in [0.2, 0.25) is 11.0 Å². The number of anilines is 1. The molecule has 1 aliphatic rings. The van der Waals surface area contributed by atoms with Crippen LogP contribution in [0.25, 0.3) is 11.3 Å². The van der Waals surface area contributed by atoms with Gasteiger partial charge in [-0.2, -0.15) is 4.98 Å². The molecule has 1 aromatic heterocycles. The Morgan fingerprint density at radius 1 is 1.09 bits per heavy atom. The number of benzene rings is 3. The lowest BCUT2D eigenvalue weighted by molar-refractivity contribution is 0.224. The maximum absolute atomic E-state index is 9.98. The largest absolute Gasteiger partial charge is 0.504 e. The Bertz CT molecular complexity index is 1300. The molecule has 0 bridgehead atoms. The summed E-state index contributed by atoms with van der Waals surface area (Å²) in [6.07, 6.45) is -0.576. The standard InChI is InChI=1S/C24H19ClN4O3S/c1-31-20-12-15(8-11-19(20)30)22-26-18-5-3-2-4-17(18)21-23(32-22)27-24(29-28-21)33-13-14-6-9-16(25)10-7-14/h2-12,22,26,30H,13H2,1H3/t22-/m1/s1. The Labute approximate surface area is 199 Å². The van der Waals surface area contributed by atoms with E-state index in [4.69, 9.17) is 21.1 Å². The van der Waals surface area contributed by atoms with Gasteiger partial charge in [-0.25, -0.2) is 0 Å². The highest BCUT2D eigenvalue weighted by atomic mass is 35.5. The minimum absolute atomic E-state index is 0.0561. The van der Waals surface area contributed by atoms with Gasteiger partial charge in [-0.1, -0.05) is 53.7 Å². The van der Waals surface area contributed by atoms with Gasteiger partial charge in [0.05, 0.1) is 7.11 Å². The number of thioether (sulfide) groups is 1. The number of hydrogen-bond acceptors (Lipinski definition) is 8. The number of phenols is 1. The van der Waals surface area contributed by atoms with E-state index in [0.29, 0.717) is 33.3 Å². The molecule has 5 rings (SSSR count). The van der Waals surface area contributed by atoms with Gasteiger partial charge >= 0.3 is 0 Å². The van der Waals surface area contributed by atoms with Gasteiger partial charge in [-0.05, 0) is 42.0 Å². The first kappa shape index (κ1) is 21.4. The third-order valence-electron chi connectivity index (χ3n) is 5.12. The summed E-state index contributed by atoms with van der Waals surface area (Å²) >= 11 is 7.44. The predicted octanol–water partition coefficient (Wildman–Crippen LogP) is 5.70. The van der Waals surface area contributed by atoms with Gasteiger partial charge in [0.25, 0.3) is 0 Å². The molecule has 1 aliphatic heterocycles. The Morgan fingerprint density at radius 2 is 1.91 bits per heavy atom. The fraction of sp³-hybridized carbons (Fsp3) is 0.125. The second kappa shape index (κ2) is 9.17. The molecule has 0 spiro atoms. The normalized spacial score (nSPS) is 14.3. The number of rotatable bonds is 5. The smallest absolute Gasteiger partial charge is 0.247 e. The highest BCUT2D eigenvalue weighted by Crippen LogP contribution is 2.40. The number of aromatic nitrogens is 3. The Morgan fingerprint density at radius 3 is 2.73 bits per heavy atom. The number of aromatic hydroxyl groups is 1. The average Bonchev–Trinajstić information content (AvgIpc) is 3.00. The predicted molar refractivity (Wildman–Crippen MR) is 128 cm³/mol. The van der Waals surface area contributed by atoms with Crippen LogP contribution in [0.3, 0.4) is 0 Å². The maximum Gasteiger partial charge on any atom is 0.247 e. The van der Waals surface area contributed by atoms with Crippen LogP contribution < -0.4 is 14.8 Å². The van der Waals surface area contributed by atoms with E-state index in [1.54, 1.807) is 18.2 Å². The molecular weight excluding hydrogens is 460 g/mol. The Balaban J connectivity index is 1.49. The molecule has 9 heteroatoms. The van der Waals surface area contributed by atoms with E-state index in [1.807, 2.05) is 48.5 Å². The number of para-hydroxylation sites is 1. The molecule has 4 aromatic rings. The summed E-state index contributed by atoms with van der Waals surface area (Å²) in [5, 5.41) is 23.3. The van der Waals surface area contributed by atoms with Crippen LogP contribution >= 0.6 is 23.4 Å². The molecule has 1 atom stereocenters. The molecule has 0 saturated heterocycles. The molecule has 166 valence electrons. The number of phenolic OH excluding ortho intramolecular Hbond substituents is 1. The van der Waals surface area contributed by atoms with Crippen LogP contribution in [0.5, 0.6) is 17.4 Å². The van der Waals surface area contributed by atoms with Crippen molar-refractivity contribution in [3.05, 3.63) is 82.9 Å². The van der Waals surface area contributed by atoms with Crippen LogP contribution in [0.2, 0.25) is 5.02 Å². The van der Waals surface area contributed by atoms with E-state index in [-0.39, 0.29) is 5.75 Å². The molecule has 7 nitrogen and oxygen atoms in total. The molecule has 2 heterocycles. The van der Waals surface area contributed by atoms with Gasteiger partial charge in [0, 0.05) is 27.6 Å². The van der Waals surface area contributed by atoms with Crippen LogP contribution in [0.4, 0.5) is 5.69 Å². The van der Waals surface area contributed by atoms with Crippen molar-refractivity contribution in [1.82, 2.24) is 15.2 Å². The second-order valence-corrected chi connectivity index (χ2v) is 8.66. The summed E-state index contributed by atoms with van der Waals surface area (Å²) in [7, 11) is 1.51. The minimum Gasteiger partial charge on any atom is -0.504 e. The molecular formula is C24H19ClN4O3S. The number of fused-ring (bicyclic) bond motifs is 3. The van der Waals surface area contributed by atoms with Crippen molar-refractivity contribution in [2.45, 2.75) is 17.1 Å². The molecule has 0 amide bonds. The lowest BCUT2D eigenvalue weighted by Gasteiger charge is -2.20. The molecule has 0 unspecified atom stereocenters. The third-order valence-corrected chi connectivity index (χ3v) is 6.28. The SMILES string of the molecule is COc1cc([C@@H]2Nc3ccccc3-c3nnc(SCc4ccc(Cl)cc4)nc3O2)ccc1O. The summed E-state index contributed by atoms with van der Waals surface area (Å²) in [5.41, 5.74) is 4.11. The number of ether oxygens (including phenoxy) is 2. The van der Waals surface area contributed by atoms with Crippen LogP contribution in [0.15, 0.2) is 71.9 Å². The van der Waals surface area contributed by atoms with Crippen molar-refractivity contribution in [3.8, 4) is 28.6 Å². The van der Waals surface area contributed by atoms with E-state index in [2.05, 4.69) is 20.5 Å². The second-order valence-electron chi connectivity index (χ2n) is 7.28. The van der Waals surface area contributed by atoms with Crippen molar-refractivity contribution in [1.29, 1.82) is 0 Å². The van der Waals surface area contributed by atoms with E-state index >= 15 is 0 Å². The number of nitrogens with one attached hydrogen (secondary N) is 1. The Kier molecular flexibility index (Phi) is 5.93. The Hall–Kier alpha value is -3.49. The zero-order valence-corrected chi connectivity index (χ0v) is 19.1. The van der Waals surface area contributed by atoms with Crippen LogP contribution in [0.1, 0.15) is 17.4 Å². The topological polar surface area (TPSA) is 89.4 Å². The molecule has 3 aromatic carbocycles. The summed E-state index contributed by atoms with van der Waals surface area (Å²) in [6, 6.07) is 20.5. The fourth-order valence-corrected chi connectivity index (χ4v) is 4.31. The van der Waals surface area contributed by atoms with Crippen molar-refractivity contribution in [2.75, 3.05) is 12.4 Å². The zero-order chi connectivity index (χ0) is 22.8. The van der Waals surface area contributed by atoms with Crippen molar-refractivity contribution >= 4 is 29.1 Å². The van der Waals surface area contributed by atoms with Gasteiger partial charge in [0.15, 0.2) is 23.4 Å². The maximum atomic E-state index is 9.98. The molecule has 2 N–H and O–H groups in total. The molecule has 0 radical (unpaired) electrons. The van der Waals surface area contributed by atoms with Crippen LogP contribution in [-0.2, 0) is 5.75 Å². The summed E-state index contributed by atoms with van der Waals surface area (Å²) in [6.45, 7) is 0. The zero-order valence-electron chi connectivity index (χ0n) is 17.5. The highest BCUT2D eigenvalue weighted by Gasteiger charge is 2.26. The number of halogens is 1. The van der Waals surface area contributed by atoms with Gasteiger partial charge in [-0.3, -0.25) is 0 Å². The molecule has 0 saturated carbocycles. The van der Waals surface area contributed by atoms with E-state index in [9.17, 15) is 5.11 Å². The van der Waals surface area contributed by atoms with Gasteiger partial charge in [-0.15, -0.1) is 10.2 Å². The lowest BCUT2D eigenvalue weighted by Crippen LogP contribution is -2.17. The summed E-state index contributed by atoms with van der Waals surface area (Å²) in [5.74, 6) is 1.46. The highest BCUT2D eigenvalue weighted by molar-refractivity contribution is 7.98. The summed E-state index contributed by atoms with van der Waals surface area (Å²) < 4.78 is 11.5. The van der Waals surface area contributed by atoms with Gasteiger partial charge < -0.3 is 19.9 Å². The monoisotopic (exact) mass is 478 g/mol. The minimum atomic E-state index is -0.576.